The Hall–Kier alpha value is -3.08. The molecule has 222 valence electrons. The summed E-state index contributed by atoms with van der Waals surface area (Å²) >= 11 is 12.2. The van der Waals surface area contributed by atoms with Crippen molar-refractivity contribution in [3.8, 4) is 0 Å². The lowest BCUT2D eigenvalue weighted by Crippen LogP contribution is -2.50. The summed E-state index contributed by atoms with van der Waals surface area (Å²) < 4.78 is 43.8. The molecule has 5 rings (SSSR count). The molecule has 1 fully saturated rings. The Morgan fingerprint density at radius 2 is 1.67 bits per heavy atom. The number of carboxylic acids is 1. The highest BCUT2D eigenvalue weighted by molar-refractivity contribution is 6.30. The third-order valence-electron chi connectivity index (χ3n) is 8.40. The Morgan fingerprint density at radius 3 is 2.21 bits per heavy atom. The number of carboxylic acid groups (broad SMARTS) is 1. The molecule has 0 aromatic heterocycles. The Labute approximate surface area is 251 Å². The quantitative estimate of drug-likeness (QED) is 0.304. The number of methoxy groups -OCH3 is 1. The highest BCUT2D eigenvalue weighted by atomic mass is 35.5. The zero-order chi connectivity index (χ0) is 30.4. The SMILES string of the molecule is CO[C@]1(c2ccc(Cl)cc2)c2c(F)cc([C@](C)(O)C3(F)CCOCC3)cc2C(=O)N1[C@@H](CC(=O)O)c1ccc(Cl)cc1. The molecule has 3 aromatic carbocycles. The maximum Gasteiger partial charge on any atom is 0.305 e. The van der Waals surface area contributed by atoms with E-state index < -0.39 is 47.2 Å². The molecule has 3 atom stereocenters. The Kier molecular flexibility index (Phi) is 8.10. The number of carbonyl (C=O) groups is 2. The van der Waals surface area contributed by atoms with E-state index in [1.807, 2.05) is 0 Å². The molecule has 0 unspecified atom stereocenters. The Balaban J connectivity index is 1.77. The van der Waals surface area contributed by atoms with Gasteiger partial charge in [-0.1, -0.05) is 47.5 Å². The molecule has 2 N–H and O–H groups in total. The largest absolute Gasteiger partial charge is 0.481 e. The van der Waals surface area contributed by atoms with E-state index in [1.165, 1.54) is 25.0 Å². The van der Waals surface area contributed by atoms with Gasteiger partial charge in [0.2, 0.25) is 0 Å². The van der Waals surface area contributed by atoms with Crippen LogP contribution >= 0.6 is 23.2 Å². The van der Waals surface area contributed by atoms with Crippen molar-refractivity contribution in [2.24, 2.45) is 0 Å². The summed E-state index contributed by atoms with van der Waals surface area (Å²) in [6.07, 6.45) is -0.800. The van der Waals surface area contributed by atoms with Gasteiger partial charge in [0.1, 0.15) is 17.1 Å². The van der Waals surface area contributed by atoms with Crippen molar-refractivity contribution in [1.29, 1.82) is 0 Å². The third-order valence-corrected chi connectivity index (χ3v) is 8.91. The van der Waals surface area contributed by atoms with Crippen molar-refractivity contribution in [3.05, 3.63) is 104 Å². The number of rotatable bonds is 8. The smallest absolute Gasteiger partial charge is 0.305 e. The number of hydrogen-bond donors (Lipinski definition) is 2. The van der Waals surface area contributed by atoms with E-state index in [9.17, 15) is 19.8 Å². The number of aliphatic hydroxyl groups is 1. The minimum absolute atomic E-state index is 0.0775. The van der Waals surface area contributed by atoms with E-state index in [-0.39, 0.29) is 42.7 Å². The number of aliphatic carboxylic acids is 1. The summed E-state index contributed by atoms with van der Waals surface area (Å²) in [5.41, 5.74) is -6.07. The number of amides is 1. The summed E-state index contributed by atoms with van der Waals surface area (Å²) in [5.74, 6) is -2.92. The fraction of sp³-hybridized carbons (Fsp3) is 0.355. The van der Waals surface area contributed by atoms with Crippen LogP contribution in [0.2, 0.25) is 10.0 Å². The molecule has 2 aliphatic rings. The van der Waals surface area contributed by atoms with Crippen LogP contribution in [-0.2, 0) is 25.6 Å². The van der Waals surface area contributed by atoms with Crippen LogP contribution in [-0.4, -0.2) is 53.0 Å². The molecule has 7 nitrogen and oxygen atoms in total. The summed E-state index contributed by atoms with van der Waals surface area (Å²) in [7, 11) is 1.28. The lowest BCUT2D eigenvalue weighted by atomic mass is 9.75. The van der Waals surface area contributed by atoms with Crippen molar-refractivity contribution in [2.45, 2.75) is 49.2 Å². The molecular weight excluding hydrogens is 591 g/mol. The molecule has 0 bridgehead atoms. The van der Waals surface area contributed by atoms with Crippen LogP contribution in [0, 0.1) is 5.82 Å². The van der Waals surface area contributed by atoms with Crippen LogP contribution in [0.25, 0.3) is 0 Å². The van der Waals surface area contributed by atoms with E-state index in [4.69, 9.17) is 32.7 Å². The molecule has 42 heavy (non-hydrogen) atoms. The maximum absolute atomic E-state index is 16.5. The second kappa shape index (κ2) is 11.2. The predicted molar refractivity (Wildman–Crippen MR) is 152 cm³/mol. The molecule has 2 heterocycles. The van der Waals surface area contributed by atoms with Crippen LogP contribution in [0.15, 0.2) is 60.7 Å². The molecule has 0 spiro atoms. The summed E-state index contributed by atoms with van der Waals surface area (Å²) in [5, 5.41) is 22.2. The van der Waals surface area contributed by atoms with Crippen LogP contribution in [0.4, 0.5) is 8.78 Å². The standard InChI is InChI=1S/C31H29Cl2F2NO6/c1-29(40,30(35)11-13-42-14-12-30)20-15-23-27(24(34)16-20)31(41-2,19-5-9-22(33)10-6-19)36(28(23)39)25(17-26(37)38)18-3-7-21(32)8-4-18/h3-10,15-16,25,40H,11-14,17H2,1-2H3,(H,37,38)/t25-,29-,31+/m0/s1. The summed E-state index contributed by atoms with van der Waals surface area (Å²) in [6, 6.07) is 13.6. The number of alkyl halides is 1. The van der Waals surface area contributed by atoms with Crippen molar-refractivity contribution >= 4 is 35.1 Å². The maximum atomic E-state index is 16.5. The lowest BCUT2D eigenvalue weighted by Gasteiger charge is -2.43. The van der Waals surface area contributed by atoms with Crippen molar-refractivity contribution in [3.63, 3.8) is 0 Å². The minimum atomic E-state index is -2.17. The lowest BCUT2D eigenvalue weighted by molar-refractivity contribution is -0.143. The van der Waals surface area contributed by atoms with Crippen molar-refractivity contribution in [1.82, 2.24) is 4.90 Å². The van der Waals surface area contributed by atoms with Crippen LogP contribution in [0.5, 0.6) is 0 Å². The van der Waals surface area contributed by atoms with E-state index in [1.54, 1.807) is 48.5 Å². The van der Waals surface area contributed by atoms with Gasteiger partial charge in [0.05, 0.1) is 23.6 Å². The average Bonchev–Trinajstić information content (AvgIpc) is 3.21. The minimum Gasteiger partial charge on any atom is -0.481 e. The van der Waals surface area contributed by atoms with E-state index in [0.29, 0.717) is 21.2 Å². The first-order chi connectivity index (χ1) is 19.9. The van der Waals surface area contributed by atoms with E-state index in [2.05, 4.69) is 0 Å². The van der Waals surface area contributed by atoms with Crippen molar-refractivity contribution in [2.75, 3.05) is 20.3 Å². The number of benzene rings is 3. The topological polar surface area (TPSA) is 96.3 Å². The number of carbonyl (C=O) groups excluding carboxylic acids is 1. The van der Waals surface area contributed by atoms with Gasteiger partial charge in [-0.05, 0) is 54.4 Å². The van der Waals surface area contributed by atoms with Gasteiger partial charge in [-0.3, -0.25) is 14.5 Å². The van der Waals surface area contributed by atoms with Gasteiger partial charge < -0.3 is 19.7 Å². The van der Waals surface area contributed by atoms with E-state index in [0.717, 1.165) is 6.07 Å². The second-order valence-corrected chi connectivity index (χ2v) is 11.6. The molecule has 1 saturated heterocycles. The number of halogens is 4. The fourth-order valence-corrected chi connectivity index (χ4v) is 6.33. The molecule has 2 aliphatic heterocycles. The van der Waals surface area contributed by atoms with E-state index >= 15 is 8.78 Å². The molecule has 3 aromatic rings. The molecule has 1 amide bonds. The predicted octanol–water partition coefficient (Wildman–Crippen LogP) is 6.38. The first-order valence-corrected chi connectivity index (χ1v) is 14.1. The highest BCUT2D eigenvalue weighted by Gasteiger charge is 2.58. The first-order valence-electron chi connectivity index (χ1n) is 13.3. The Morgan fingerprint density at radius 1 is 1.10 bits per heavy atom. The normalized spacial score (nSPS) is 22.0. The average molecular weight is 620 g/mol. The molecular formula is C31H29Cl2F2NO6. The third kappa shape index (κ3) is 4.87. The fourth-order valence-electron chi connectivity index (χ4n) is 6.08. The van der Waals surface area contributed by atoms with Crippen molar-refractivity contribution < 1.29 is 38.1 Å². The van der Waals surface area contributed by atoms with Crippen LogP contribution in [0.3, 0.4) is 0 Å². The number of hydrogen-bond acceptors (Lipinski definition) is 5. The second-order valence-electron chi connectivity index (χ2n) is 10.7. The van der Waals surface area contributed by atoms with Gasteiger partial charge in [-0.25, -0.2) is 8.78 Å². The molecule has 0 saturated carbocycles. The number of fused-ring (bicyclic) bond motifs is 1. The van der Waals surface area contributed by atoms with Crippen LogP contribution in [0.1, 0.15) is 64.8 Å². The number of ether oxygens (including phenoxy) is 2. The summed E-state index contributed by atoms with van der Waals surface area (Å²) in [4.78, 5) is 27.7. The van der Waals surface area contributed by atoms with Gasteiger partial charge in [0, 0.05) is 48.8 Å². The highest BCUT2D eigenvalue weighted by Crippen LogP contribution is 2.53. The zero-order valence-electron chi connectivity index (χ0n) is 22.9. The number of nitrogens with zero attached hydrogens (tertiary/aromatic N) is 1. The van der Waals surface area contributed by atoms with Gasteiger partial charge >= 0.3 is 5.97 Å². The molecule has 11 heteroatoms. The monoisotopic (exact) mass is 619 g/mol. The van der Waals surface area contributed by atoms with Gasteiger partial charge in [0.25, 0.3) is 5.91 Å². The molecule has 0 radical (unpaired) electrons. The summed E-state index contributed by atoms with van der Waals surface area (Å²) in [6.45, 7) is 1.41. The van der Waals surface area contributed by atoms with Gasteiger partial charge in [-0.2, -0.15) is 0 Å². The zero-order valence-corrected chi connectivity index (χ0v) is 24.4. The van der Waals surface area contributed by atoms with Gasteiger partial charge in [0.15, 0.2) is 5.72 Å². The van der Waals surface area contributed by atoms with Gasteiger partial charge in [-0.15, -0.1) is 0 Å². The molecule has 0 aliphatic carbocycles. The Bertz CT molecular complexity index is 1510. The first kappa shape index (κ1) is 30.4. The van der Waals surface area contributed by atoms with Crippen LogP contribution < -0.4 is 0 Å².